The molecule has 1 amide bonds. The lowest BCUT2D eigenvalue weighted by atomic mass is 10.2. The van der Waals surface area contributed by atoms with Gasteiger partial charge >= 0.3 is 0 Å². The van der Waals surface area contributed by atoms with E-state index in [0.29, 0.717) is 12.1 Å². The Morgan fingerprint density at radius 2 is 1.90 bits per heavy atom. The second-order valence-electron chi connectivity index (χ2n) is 4.26. The Morgan fingerprint density at radius 3 is 2.40 bits per heavy atom. The van der Waals surface area contributed by atoms with E-state index in [4.69, 9.17) is 34.8 Å². The highest BCUT2D eigenvalue weighted by Gasteiger charge is 2.33. The van der Waals surface area contributed by atoms with Gasteiger partial charge in [-0.05, 0) is 37.2 Å². The summed E-state index contributed by atoms with van der Waals surface area (Å²) in [6.07, 6.45) is 1.21. The number of halogens is 4. The molecule has 7 heteroatoms. The molecule has 20 heavy (non-hydrogen) atoms. The van der Waals surface area contributed by atoms with Crippen LogP contribution in [0.15, 0.2) is 28.7 Å². The van der Waals surface area contributed by atoms with Gasteiger partial charge < -0.3 is 5.32 Å². The van der Waals surface area contributed by atoms with Crippen LogP contribution < -0.4 is 10.6 Å². The summed E-state index contributed by atoms with van der Waals surface area (Å²) < 4.78 is -0.716. The molecule has 0 aliphatic carbocycles. The monoisotopic (exact) mass is 400 g/mol. The van der Waals surface area contributed by atoms with Crippen molar-refractivity contribution in [2.75, 3.05) is 6.54 Å². The zero-order valence-corrected chi connectivity index (χ0v) is 14.8. The molecule has 0 bridgehead atoms. The minimum atomic E-state index is -1.61. The summed E-state index contributed by atoms with van der Waals surface area (Å²) in [4.78, 5) is 12.1. The minimum absolute atomic E-state index is 0.294. The number of hydrogen-bond acceptors (Lipinski definition) is 2. The first-order valence-electron chi connectivity index (χ1n) is 6.21. The number of amides is 1. The molecule has 1 aromatic carbocycles. The largest absolute Gasteiger partial charge is 0.333 e. The van der Waals surface area contributed by atoms with Gasteiger partial charge in [0.2, 0.25) is 3.79 Å². The molecule has 0 aliphatic rings. The van der Waals surface area contributed by atoms with Crippen LogP contribution in [0.4, 0.5) is 0 Å². The Bertz CT molecular complexity index is 434. The number of hydrogen-bond donors (Lipinski definition) is 2. The average molecular weight is 403 g/mol. The van der Waals surface area contributed by atoms with E-state index in [-0.39, 0.29) is 5.91 Å². The zero-order chi connectivity index (χ0) is 15.2. The van der Waals surface area contributed by atoms with Crippen LogP contribution in [0.25, 0.3) is 0 Å². The normalized spacial score (nSPS) is 13.1. The molecule has 0 fully saturated rings. The van der Waals surface area contributed by atoms with Gasteiger partial charge in [-0.25, -0.2) is 0 Å². The Morgan fingerprint density at radius 1 is 1.30 bits per heavy atom. The molecule has 0 aliphatic heterocycles. The van der Waals surface area contributed by atoms with Crippen LogP contribution in [0.5, 0.6) is 0 Å². The van der Waals surface area contributed by atoms with Gasteiger partial charge in [0.1, 0.15) is 6.17 Å². The van der Waals surface area contributed by atoms with E-state index in [2.05, 4.69) is 33.5 Å². The number of benzene rings is 1. The highest BCUT2D eigenvalue weighted by molar-refractivity contribution is 9.10. The second-order valence-corrected chi connectivity index (χ2v) is 7.55. The lowest BCUT2D eigenvalue weighted by Crippen LogP contribution is -2.53. The number of nitrogens with one attached hydrogen (secondary N) is 2. The summed E-state index contributed by atoms with van der Waals surface area (Å²) in [5, 5.41) is 5.73. The topological polar surface area (TPSA) is 41.1 Å². The van der Waals surface area contributed by atoms with E-state index in [0.717, 1.165) is 17.3 Å². The zero-order valence-electron chi connectivity index (χ0n) is 10.9. The third-order valence-corrected chi connectivity index (χ3v) is 3.77. The second kappa shape index (κ2) is 8.44. The number of rotatable bonds is 6. The van der Waals surface area contributed by atoms with Gasteiger partial charge in [0.25, 0.3) is 5.91 Å². The number of carbonyl (C=O) groups excluding carboxylic acids is 1. The maximum Gasteiger partial charge on any atom is 0.252 e. The van der Waals surface area contributed by atoms with E-state index in [1.165, 1.54) is 0 Å². The molecule has 0 spiro atoms. The van der Waals surface area contributed by atoms with Crippen LogP contribution in [0, 0.1) is 0 Å². The SMILES string of the molecule is CCCCN[C@H](NC(=O)c1ccc(Br)cc1)C(Cl)(Cl)Cl. The van der Waals surface area contributed by atoms with Gasteiger partial charge in [0.15, 0.2) is 0 Å². The summed E-state index contributed by atoms with van der Waals surface area (Å²) in [6, 6.07) is 6.95. The van der Waals surface area contributed by atoms with Crippen LogP contribution in [0.3, 0.4) is 0 Å². The Hall–Kier alpha value is -0.000000000000000111. The van der Waals surface area contributed by atoms with E-state index >= 15 is 0 Å². The van der Waals surface area contributed by atoms with Crippen molar-refractivity contribution in [3.63, 3.8) is 0 Å². The highest BCUT2D eigenvalue weighted by atomic mass is 79.9. The van der Waals surface area contributed by atoms with Crippen molar-refractivity contribution in [2.24, 2.45) is 0 Å². The molecule has 0 aromatic heterocycles. The van der Waals surface area contributed by atoms with E-state index in [1.54, 1.807) is 24.3 Å². The Balaban J connectivity index is 2.68. The first-order chi connectivity index (χ1) is 9.34. The van der Waals surface area contributed by atoms with Gasteiger partial charge in [-0.2, -0.15) is 0 Å². The molecular formula is C13H16BrCl3N2O. The molecule has 2 N–H and O–H groups in total. The van der Waals surface area contributed by atoms with E-state index in [1.807, 2.05) is 0 Å². The first-order valence-corrected chi connectivity index (χ1v) is 8.13. The standard InChI is InChI=1S/C13H16BrCl3N2O/c1-2-3-8-18-12(13(15,16)17)19-11(20)9-4-6-10(14)7-5-9/h4-7,12,18H,2-3,8H2,1H3,(H,19,20)/t12-/m1/s1. The fourth-order valence-corrected chi connectivity index (χ4v) is 2.15. The molecule has 112 valence electrons. The van der Waals surface area contributed by atoms with Crippen molar-refractivity contribution in [3.05, 3.63) is 34.3 Å². The van der Waals surface area contributed by atoms with E-state index < -0.39 is 9.96 Å². The number of carbonyl (C=O) groups is 1. The van der Waals surface area contributed by atoms with Gasteiger partial charge in [-0.3, -0.25) is 10.1 Å². The van der Waals surface area contributed by atoms with Gasteiger partial charge in [0, 0.05) is 10.0 Å². The lowest BCUT2D eigenvalue weighted by Gasteiger charge is -2.26. The van der Waals surface area contributed by atoms with Crippen molar-refractivity contribution >= 4 is 56.6 Å². The van der Waals surface area contributed by atoms with E-state index in [9.17, 15) is 4.79 Å². The molecular weight excluding hydrogens is 386 g/mol. The fourth-order valence-electron chi connectivity index (χ4n) is 1.49. The summed E-state index contributed by atoms with van der Waals surface area (Å²) in [7, 11) is 0. The summed E-state index contributed by atoms with van der Waals surface area (Å²) >= 11 is 21.0. The smallest absolute Gasteiger partial charge is 0.252 e. The third kappa shape index (κ3) is 6.19. The van der Waals surface area contributed by atoms with Crippen molar-refractivity contribution in [2.45, 2.75) is 29.7 Å². The summed E-state index contributed by atoms with van der Waals surface area (Å²) in [5.74, 6) is -0.294. The predicted molar refractivity (Wildman–Crippen MR) is 88.6 cm³/mol. The highest BCUT2D eigenvalue weighted by Crippen LogP contribution is 2.29. The Kier molecular flexibility index (Phi) is 7.62. The van der Waals surface area contributed by atoms with Crippen molar-refractivity contribution in [1.29, 1.82) is 0 Å². The van der Waals surface area contributed by atoms with Crippen LogP contribution in [-0.4, -0.2) is 22.4 Å². The fraction of sp³-hybridized carbons (Fsp3) is 0.462. The molecule has 3 nitrogen and oxygen atoms in total. The van der Waals surface area contributed by atoms with Crippen molar-refractivity contribution in [1.82, 2.24) is 10.6 Å². The molecule has 1 aromatic rings. The number of alkyl halides is 3. The predicted octanol–water partition coefficient (Wildman–Crippen LogP) is 4.26. The first kappa shape index (κ1) is 18.1. The molecule has 1 atom stereocenters. The van der Waals surface area contributed by atoms with Crippen LogP contribution in [-0.2, 0) is 0 Å². The van der Waals surface area contributed by atoms with Gasteiger partial charge in [0.05, 0.1) is 0 Å². The van der Waals surface area contributed by atoms with Crippen LogP contribution in [0.2, 0.25) is 0 Å². The maximum absolute atomic E-state index is 12.1. The Labute approximate surface area is 142 Å². The van der Waals surface area contributed by atoms with Crippen molar-refractivity contribution in [3.8, 4) is 0 Å². The number of unbranched alkanes of at least 4 members (excludes halogenated alkanes) is 1. The van der Waals surface area contributed by atoms with Crippen LogP contribution in [0.1, 0.15) is 30.1 Å². The molecule has 0 saturated heterocycles. The molecule has 0 heterocycles. The summed E-state index contributed by atoms with van der Waals surface area (Å²) in [5.41, 5.74) is 0.504. The van der Waals surface area contributed by atoms with Gasteiger partial charge in [-0.1, -0.05) is 64.1 Å². The molecule has 1 rings (SSSR count). The average Bonchev–Trinajstić information content (AvgIpc) is 2.37. The van der Waals surface area contributed by atoms with Gasteiger partial charge in [-0.15, -0.1) is 0 Å². The molecule has 0 unspecified atom stereocenters. The molecule has 0 saturated carbocycles. The minimum Gasteiger partial charge on any atom is -0.333 e. The van der Waals surface area contributed by atoms with Crippen LogP contribution >= 0.6 is 50.7 Å². The third-order valence-electron chi connectivity index (χ3n) is 2.59. The summed E-state index contributed by atoms with van der Waals surface area (Å²) in [6.45, 7) is 2.72. The lowest BCUT2D eigenvalue weighted by molar-refractivity contribution is 0.0930. The maximum atomic E-state index is 12.1. The van der Waals surface area contributed by atoms with Crippen molar-refractivity contribution < 1.29 is 4.79 Å². The molecule has 0 radical (unpaired) electrons. The quantitative estimate of drug-likeness (QED) is 0.424.